The summed E-state index contributed by atoms with van der Waals surface area (Å²) in [5.41, 5.74) is 4.70. The molecule has 2 saturated heterocycles. The van der Waals surface area contributed by atoms with Gasteiger partial charge in [0.25, 0.3) is 5.91 Å². The van der Waals surface area contributed by atoms with Crippen molar-refractivity contribution < 1.29 is 33.3 Å². The number of hydrogen-bond acceptors (Lipinski definition) is 7. The molecule has 0 aliphatic carbocycles. The Morgan fingerprint density at radius 3 is 2.18 bits per heavy atom. The van der Waals surface area contributed by atoms with Crippen molar-refractivity contribution in [3.63, 3.8) is 0 Å². The summed E-state index contributed by atoms with van der Waals surface area (Å²) >= 11 is 0. The molecule has 4 aromatic rings. The van der Waals surface area contributed by atoms with E-state index in [-0.39, 0.29) is 5.91 Å². The predicted octanol–water partition coefficient (Wildman–Crippen LogP) is 6.82. The van der Waals surface area contributed by atoms with Crippen LogP contribution in [0.2, 0.25) is 0 Å². The van der Waals surface area contributed by atoms with Gasteiger partial charge in [0.2, 0.25) is 12.4 Å². The van der Waals surface area contributed by atoms with Crippen molar-refractivity contribution in [1.82, 2.24) is 5.32 Å². The van der Waals surface area contributed by atoms with Crippen LogP contribution in [-0.4, -0.2) is 55.9 Å². The standard InChI is InChI=1S/C37H37NO7/c1-37(2)33(41-3)31-32(44-36(40)43-31)35(45-37)42-28-20-21-29(27-18-16-26(17-19-27)25-14-8-5-9-15-25)30(23-28)34(39)38-22-10-13-24-11-6-4-7-12-24/h4-9,11-12,14-21,23,31-33,35H,10,13,22H2,1-3H3,(H,38,39)/t31-,32+,33+,35+/m0/s1. The number of benzene rings is 4. The number of carbonyl (C=O) groups excluding carboxylic acids is 2. The van der Waals surface area contributed by atoms with Gasteiger partial charge in [-0.1, -0.05) is 84.9 Å². The van der Waals surface area contributed by atoms with Crippen LogP contribution in [-0.2, 0) is 25.4 Å². The Bertz CT molecular complexity index is 1620. The van der Waals surface area contributed by atoms with Crippen LogP contribution in [0.15, 0.2) is 103 Å². The molecule has 4 atom stereocenters. The van der Waals surface area contributed by atoms with Gasteiger partial charge in [0.1, 0.15) is 11.9 Å². The van der Waals surface area contributed by atoms with Gasteiger partial charge in [-0.05, 0) is 72.7 Å². The van der Waals surface area contributed by atoms with Gasteiger partial charge in [-0.2, -0.15) is 0 Å². The maximum atomic E-state index is 13.7. The molecule has 8 nitrogen and oxygen atoms in total. The number of aryl methyl sites for hydroxylation is 1. The Labute approximate surface area is 263 Å². The highest BCUT2D eigenvalue weighted by Crippen LogP contribution is 2.39. The van der Waals surface area contributed by atoms with E-state index < -0.39 is 36.4 Å². The van der Waals surface area contributed by atoms with E-state index >= 15 is 0 Å². The molecule has 6 rings (SSSR count). The number of nitrogens with one attached hydrogen (secondary N) is 1. The second-order valence-corrected chi connectivity index (χ2v) is 11.8. The lowest BCUT2D eigenvalue weighted by atomic mass is 9.89. The second kappa shape index (κ2) is 13.1. The first-order valence-electron chi connectivity index (χ1n) is 15.2. The van der Waals surface area contributed by atoms with E-state index in [4.69, 9.17) is 23.7 Å². The summed E-state index contributed by atoms with van der Waals surface area (Å²) in [6.45, 7) is 4.20. The summed E-state index contributed by atoms with van der Waals surface area (Å²) in [5.74, 6) is 0.181. The van der Waals surface area contributed by atoms with Gasteiger partial charge in [0.05, 0.1) is 11.2 Å². The third-order valence-electron chi connectivity index (χ3n) is 8.28. The first-order chi connectivity index (χ1) is 21.8. The van der Waals surface area contributed by atoms with Crippen LogP contribution in [0.3, 0.4) is 0 Å². The van der Waals surface area contributed by atoms with Crippen LogP contribution in [0.25, 0.3) is 22.3 Å². The van der Waals surface area contributed by atoms with Gasteiger partial charge in [-0.15, -0.1) is 0 Å². The smallest absolute Gasteiger partial charge is 0.461 e. The number of fused-ring (bicyclic) bond motifs is 1. The Morgan fingerprint density at radius 1 is 0.822 bits per heavy atom. The van der Waals surface area contributed by atoms with Crippen molar-refractivity contribution in [2.24, 2.45) is 0 Å². The fourth-order valence-electron chi connectivity index (χ4n) is 6.04. The minimum atomic E-state index is -0.972. The lowest BCUT2D eigenvalue weighted by molar-refractivity contribution is -0.282. The van der Waals surface area contributed by atoms with Crippen LogP contribution in [0.1, 0.15) is 36.2 Å². The Balaban J connectivity index is 1.26. The zero-order chi connectivity index (χ0) is 31.4. The topological polar surface area (TPSA) is 92.3 Å². The van der Waals surface area contributed by atoms with Crippen LogP contribution in [0.4, 0.5) is 4.79 Å². The molecule has 4 aromatic carbocycles. The largest absolute Gasteiger partial charge is 0.509 e. The maximum absolute atomic E-state index is 13.7. The van der Waals surface area contributed by atoms with Crippen molar-refractivity contribution in [1.29, 1.82) is 0 Å². The molecule has 232 valence electrons. The number of methoxy groups -OCH3 is 1. The van der Waals surface area contributed by atoms with Gasteiger partial charge in [-0.25, -0.2) is 4.79 Å². The molecular formula is C37H37NO7. The third kappa shape index (κ3) is 6.72. The molecule has 0 radical (unpaired) electrons. The van der Waals surface area contributed by atoms with E-state index in [0.717, 1.165) is 35.1 Å². The molecule has 0 saturated carbocycles. The summed E-state index contributed by atoms with van der Waals surface area (Å²) in [7, 11) is 1.54. The summed E-state index contributed by atoms with van der Waals surface area (Å²) < 4.78 is 29.0. The lowest BCUT2D eigenvalue weighted by Gasteiger charge is -2.45. The number of rotatable bonds is 10. The second-order valence-electron chi connectivity index (χ2n) is 11.8. The molecule has 1 N–H and O–H groups in total. The molecule has 2 aliphatic rings. The van der Waals surface area contributed by atoms with E-state index in [2.05, 4.69) is 41.7 Å². The molecule has 1 amide bonds. The fraction of sp³-hybridized carbons (Fsp3) is 0.297. The molecule has 2 heterocycles. The Morgan fingerprint density at radius 2 is 1.47 bits per heavy atom. The highest BCUT2D eigenvalue weighted by Gasteiger charge is 2.58. The van der Waals surface area contributed by atoms with E-state index in [0.29, 0.717) is 17.9 Å². The molecule has 0 bridgehead atoms. The zero-order valence-corrected chi connectivity index (χ0v) is 25.6. The van der Waals surface area contributed by atoms with Crippen molar-refractivity contribution in [2.75, 3.05) is 13.7 Å². The molecule has 2 aliphatic heterocycles. The summed E-state index contributed by atoms with van der Waals surface area (Å²) in [4.78, 5) is 25.8. The summed E-state index contributed by atoms with van der Waals surface area (Å²) in [6, 6.07) is 33.8. The average molecular weight is 608 g/mol. The minimum absolute atomic E-state index is 0.214. The van der Waals surface area contributed by atoms with E-state index in [1.165, 1.54) is 12.7 Å². The normalized spacial score (nSPS) is 21.7. The van der Waals surface area contributed by atoms with Gasteiger partial charge in [0, 0.05) is 13.7 Å². The molecule has 2 fully saturated rings. The number of amides is 1. The minimum Gasteiger partial charge on any atom is -0.461 e. The molecule has 0 unspecified atom stereocenters. The van der Waals surface area contributed by atoms with Crippen LogP contribution in [0.5, 0.6) is 5.75 Å². The summed E-state index contributed by atoms with van der Waals surface area (Å²) in [6.07, 6.45) is -2.20. The number of ether oxygens (including phenoxy) is 5. The number of carbonyl (C=O) groups is 2. The molecule has 8 heteroatoms. The van der Waals surface area contributed by atoms with E-state index in [9.17, 15) is 9.59 Å². The monoisotopic (exact) mass is 607 g/mol. The highest BCUT2D eigenvalue weighted by molar-refractivity contribution is 6.01. The average Bonchev–Trinajstić information content (AvgIpc) is 3.45. The molecular weight excluding hydrogens is 570 g/mol. The van der Waals surface area contributed by atoms with Crippen LogP contribution < -0.4 is 10.1 Å². The van der Waals surface area contributed by atoms with Gasteiger partial charge < -0.3 is 29.0 Å². The van der Waals surface area contributed by atoms with Gasteiger partial charge in [-0.3, -0.25) is 4.79 Å². The zero-order valence-electron chi connectivity index (χ0n) is 25.6. The van der Waals surface area contributed by atoms with Crippen molar-refractivity contribution in [3.8, 4) is 28.0 Å². The number of hydrogen-bond donors (Lipinski definition) is 1. The van der Waals surface area contributed by atoms with Gasteiger partial charge >= 0.3 is 6.16 Å². The Kier molecular flexibility index (Phi) is 8.87. The lowest BCUT2D eigenvalue weighted by Crippen LogP contribution is -2.62. The van der Waals surface area contributed by atoms with E-state index in [1.807, 2.05) is 68.4 Å². The Hall–Kier alpha value is -4.66. The SMILES string of the molecule is CO[C@@H]1[C@H]2OC(=O)O[C@H]2[C@H](Oc2ccc(-c3ccc(-c4ccccc4)cc3)c(C(=O)NCCCc3ccccc3)c2)OC1(C)C. The fourth-order valence-corrected chi connectivity index (χ4v) is 6.04. The van der Waals surface area contributed by atoms with Crippen molar-refractivity contribution in [2.45, 2.75) is 56.9 Å². The highest BCUT2D eigenvalue weighted by atomic mass is 16.8. The third-order valence-corrected chi connectivity index (χ3v) is 8.28. The van der Waals surface area contributed by atoms with Crippen LogP contribution in [0, 0.1) is 0 Å². The predicted molar refractivity (Wildman–Crippen MR) is 170 cm³/mol. The first kappa shape index (κ1) is 30.4. The van der Waals surface area contributed by atoms with Crippen LogP contribution >= 0.6 is 0 Å². The molecule has 45 heavy (non-hydrogen) atoms. The first-order valence-corrected chi connectivity index (χ1v) is 15.2. The molecule has 0 spiro atoms. The van der Waals surface area contributed by atoms with E-state index in [1.54, 1.807) is 12.1 Å². The van der Waals surface area contributed by atoms with Crippen molar-refractivity contribution in [3.05, 3.63) is 114 Å². The maximum Gasteiger partial charge on any atom is 0.509 e. The van der Waals surface area contributed by atoms with Gasteiger partial charge in [0.15, 0.2) is 6.10 Å². The molecule has 0 aromatic heterocycles. The van der Waals surface area contributed by atoms with Crippen molar-refractivity contribution >= 4 is 12.1 Å². The summed E-state index contributed by atoms with van der Waals surface area (Å²) in [5, 5.41) is 3.09. The quantitative estimate of drug-likeness (QED) is 0.156.